The van der Waals surface area contributed by atoms with Crippen LogP contribution in [0, 0.1) is 0 Å². The molecule has 0 spiro atoms. The van der Waals surface area contributed by atoms with Crippen molar-refractivity contribution in [3.63, 3.8) is 0 Å². The van der Waals surface area contributed by atoms with E-state index in [1.807, 2.05) is 24.3 Å². The molecule has 3 rings (SSSR count). The number of unbranched alkanes of at least 4 members (excludes halogenated alkanes) is 1. The minimum Gasteiger partial charge on any atom is -0.492 e. The van der Waals surface area contributed by atoms with Crippen molar-refractivity contribution in [1.82, 2.24) is 0 Å². The lowest BCUT2D eigenvalue weighted by Crippen LogP contribution is -2.00. The Balaban J connectivity index is 2.08. The molecule has 0 radical (unpaired) electrons. The third-order valence-corrected chi connectivity index (χ3v) is 3.52. The van der Waals surface area contributed by atoms with Crippen LogP contribution in [0.15, 0.2) is 54.6 Å². The van der Waals surface area contributed by atoms with E-state index in [4.69, 9.17) is 9.84 Å². The summed E-state index contributed by atoms with van der Waals surface area (Å²) in [5, 5.41) is 13.5. The van der Waals surface area contributed by atoms with E-state index < -0.39 is 0 Å². The summed E-state index contributed by atoms with van der Waals surface area (Å²) in [5.74, 6) is 0.955. The van der Waals surface area contributed by atoms with Gasteiger partial charge in [-0.1, -0.05) is 48.5 Å². The van der Waals surface area contributed by atoms with Crippen LogP contribution in [-0.2, 0) is 0 Å². The fourth-order valence-electron chi connectivity index (χ4n) is 2.52. The molecule has 0 amide bonds. The van der Waals surface area contributed by atoms with Crippen molar-refractivity contribution in [1.29, 1.82) is 0 Å². The number of hydrogen-bond donors (Lipinski definition) is 1. The molecular formula is C18H18O2. The lowest BCUT2D eigenvalue weighted by atomic mass is 10.0. The summed E-state index contributed by atoms with van der Waals surface area (Å²) >= 11 is 0. The van der Waals surface area contributed by atoms with E-state index in [0.29, 0.717) is 6.61 Å². The second-order valence-electron chi connectivity index (χ2n) is 4.93. The summed E-state index contributed by atoms with van der Waals surface area (Å²) < 4.78 is 6.02. The van der Waals surface area contributed by atoms with Gasteiger partial charge in [0.15, 0.2) is 0 Å². The second kappa shape index (κ2) is 5.93. The SMILES string of the molecule is OCCCCOc1c2ccccc2cc2ccccc12. The number of hydrogen-bond acceptors (Lipinski definition) is 2. The van der Waals surface area contributed by atoms with E-state index in [2.05, 4.69) is 30.3 Å². The molecule has 0 aliphatic heterocycles. The number of fused-ring (bicyclic) bond motifs is 2. The summed E-state index contributed by atoms with van der Waals surface area (Å²) in [6.45, 7) is 0.859. The van der Waals surface area contributed by atoms with Crippen molar-refractivity contribution in [2.24, 2.45) is 0 Å². The van der Waals surface area contributed by atoms with Crippen molar-refractivity contribution in [2.45, 2.75) is 12.8 Å². The smallest absolute Gasteiger partial charge is 0.134 e. The average molecular weight is 266 g/mol. The lowest BCUT2D eigenvalue weighted by Gasteiger charge is -2.13. The molecule has 2 heteroatoms. The topological polar surface area (TPSA) is 29.5 Å². The number of aliphatic hydroxyl groups excluding tert-OH is 1. The van der Waals surface area contributed by atoms with Crippen molar-refractivity contribution < 1.29 is 9.84 Å². The molecule has 1 N–H and O–H groups in total. The van der Waals surface area contributed by atoms with E-state index in [9.17, 15) is 0 Å². The van der Waals surface area contributed by atoms with Gasteiger partial charge < -0.3 is 9.84 Å². The minimum absolute atomic E-state index is 0.222. The fourth-order valence-corrected chi connectivity index (χ4v) is 2.52. The zero-order valence-corrected chi connectivity index (χ0v) is 11.4. The predicted molar refractivity (Wildman–Crippen MR) is 83.3 cm³/mol. The molecule has 20 heavy (non-hydrogen) atoms. The maximum atomic E-state index is 8.85. The predicted octanol–water partition coefficient (Wildman–Crippen LogP) is 4.14. The van der Waals surface area contributed by atoms with Crippen LogP contribution in [0.2, 0.25) is 0 Å². The Hall–Kier alpha value is -2.06. The number of ether oxygens (including phenoxy) is 1. The van der Waals surface area contributed by atoms with Gasteiger partial charge >= 0.3 is 0 Å². The van der Waals surface area contributed by atoms with E-state index >= 15 is 0 Å². The molecular weight excluding hydrogens is 248 g/mol. The van der Waals surface area contributed by atoms with Gasteiger partial charge in [0.05, 0.1) is 6.61 Å². The highest BCUT2D eigenvalue weighted by Crippen LogP contribution is 2.34. The van der Waals surface area contributed by atoms with Gasteiger partial charge in [-0.15, -0.1) is 0 Å². The van der Waals surface area contributed by atoms with Crippen LogP contribution < -0.4 is 4.74 Å². The van der Waals surface area contributed by atoms with Gasteiger partial charge in [-0.3, -0.25) is 0 Å². The molecule has 0 saturated carbocycles. The van der Waals surface area contributed by atoms with Gasteiger partial charge in [0.1, 0.15) is 5.75 Å². The van der Waals surface area contributed by atoms with Gasteiger partial charge in [0.25, 0.3) is 0 Å². The Morgan fingerprint density at radius 1 is 0.800 bits per heavy atom. The lowest BCUT2D eigenvalue weighted by molar-refractivity contribution is 0.255. The van der Waals surface area contributed by atoms with Crippen molar-refractivity contribution >= 4 is 21.5 Å². The average Bonchev–Trinajstić information content (AvgIpc) is 2.50. The highest BCUT2D eigenvalue weighted by molar-refractivity contribution is 6.05. The molecule has 3 aromatic carbocycles. The van der Waals surface area contributed by atoms with E-state index in [0.717, 1.165) is 29.4 Å². The summed E-state index contributed by atoms with van der Waals surface area (Å²) in [6.07, 6.45) is 1.65. The molecule has 0 heterocycles. The van der Waals surface area contributed by atoms with Gasteiger partial charge in [-0.05, 0) is 29.7 Å². The Kier molecular flexibility index (Phi) is 3.84. The van der Waals surface area contributed by atoms with Crippen LogP contribution in [0.5, 0.6) is 5.75 Å². The first-order valence-corrected chi connectivity index (χ1v) is 7.04. The third-order valence-electron chi connectivity index (χ3n) is 3.52. The van der Waals surface area contributed by atoms with Gasteiger partial charge in [-0.25, -0.2) is 0 Å². The Morgan fingerprint density at radius 2 is 1.40 bits per heavy atom. The monoisotopic (exact) mass is 266 g/mol. The molecule has 0 fully saturated rings. The molecule has 0 aromatic heterocycles. The zero-order valence-electron chi connectivity index (χ0n) is 11.4. The molecule has 0 atom stereocenters. The molecule has 0 aliphatic carbocycles. The van der Waals surface area contributed by atoms with Crippen LogP contribution in [0.3, 0.4) is 0 Å². The van der Waals surface area contributed by atoms with Crippen molar-refractivity contribution in [3.05, 3.63) is 54.6 Å². The van der Waals surface area contributed by atoms with Crippen LogP contribution >= 0.6 is 0 Å². The summed E-state index contributed by atoms with van der Waals surface area (Å²) in [4.78, 5) is 0. The van der Waals surface area contributed by atoms with Gasteiger partial charge in [0.2, 0.25) is 0 Å². The van der Waals surface area contributed by atoms with E-state index in [-0.39, 0.29) is 6.61 Å². The molecule has 2 nitrogen and oxygen atoms in total. The molecule has 0 saturated heterocycles. The quantitative estimate of drug-likeness (QED) is 0.555. The Morgan fingerprint density at radius 3 is 2.00 bits per heavy atom. The van der Waals surface area contributed by atoms with Gasteiger partial charge in [0, 0.05) is 17.4 Å². The van der Waals surface area contributed by atoms with Gasteiger partial charge in [-0.2, -0.15) is 0 Å². The second-order valence-corrected chi connectivity index (χ2v) is 4.93. The highest BCUT2D eigenvalue weighted by atomic mass is 16.5. The molecule has 3 aromatic rings. The fraction of sp³-hybridized carbons (Fsp3) is 0.222. The maximum Gasteiger partial charge on any atom is 0.134 e. The zero-order chi connectivity index (χ0) is 13.8. The summed E-state index contributed by atoms with van der Waals surface area (Å²) in [5.41, 5.74) is 0. The van der Waals surface area contributed by atoms with E-state index in [1.165, 1.54) is 10.8 Å². The highest BCUT2D eigenvalue weighted by Gasteiger charge is 2.08. The first-order chi connectivity index (χ1) is 9.90. The van der Waals surface area contributed by atoms with Crippen LogP contribution in [-0.4, -0.2) is 18.3 Å². The Labute approximate surface area is 118 Å². The number of benzene rings is 3. The standard InChI is InChI=1S/C18H18O2/c19-11-5-6-12-20-18-16-9-3-1-7-14(16)13-15-8-2-4-10-17(15)18/h1-4,7-10,13,19H,5-6,11-12H2. The summed E-state index contributed by atoms with van der Waals surface area (Å²) in [7, 11) is 0. The van der Waals surface area contributed by atoms with Crippen molar-refractivity contribution in [2.75, 3.05) is 13.2 Å². The molecule has 0 bridgehead atoms. The first kappa shape index (κ1) is 12.9. The number of rotatable bonds is 5. The molecule has 0 aliphatic rings. The van der Waals surface area contributed by atoms with Crippen LogP contribution in [0.25, 0.3) is 21.5 Å². The largest absolute Gasteiger partial charge is 0.492 e. The molecule has 102 valence electrons. The maximum absolute atomic E-state index is 8.85. The Bertz CT molecular complexity index is 665. The van der Waals surface area contributed by atoms with Crippen LogP contribution in [0.4, 0.5) is 0 Å². The first-order valence-electron chi connectivity index (χ1n) is 7.04. The van der Waals surface area contributed by atoms with E-state index in [1.54, 1.807) is 0 Å². The van der Waals surface area contributed by atoms with Crippen LogP contribution in [0.1, 0.15) is 12.8 Å². The third kappa shape index (κ3) is 2.47. The molecule has 0 unspecified atom stereocenters. The minimum atomic E-state index is 0.222. The summed E-state index contributed by atoms with van der Waals surface area (Å²) in [6, 6.07) is 18.8. The normalized spacial score (nSPS) is 11.1. The number of aliphatic hydroxyl groups is 1. The van der Waals surface area contributed by atoms with Crippen molar-refractivity contribution in [3.8, 4) is 5.75 Å².